The molecule has 0 unspecified atom stereocenters. The van der Waals surface area contributed by atoms with Crippen molar-refractivity contribution in [2.24, 2.45) is 0 Å². The number of hydrogen-bond donors (Lipinski definition) is 2. The number of carbonyl (C=O) groups is 1. The fourth-order valence-corrected chi connectivity index (χ4v) is 1.37. The molecule has 0 fully saturated rings. The van der Waals surface area contributed by atoms with Crippen molar-refractivity contribution in [2.75, 3.05) is 7.05 Å². The zero-order valence-corrected chi connectivity index (χ0v) is 11.1. The van der Waals surface area contributed by atoms with Crippen LogP contribution in [0.4, 0.5) is 13.2 Å². The molecule has 0 saturated heterocycles. The molecule has 106 valence electrons. The first kappa shape index (κ1) is 15.5. The Morgan fingerprint density at radius 1 is 1.26 bits per heavy atom. The van der Waals surface area contributed by atoms with E-state index < -0.39 is 17.3 Å². The number of benzene rings is 1. The predicted octanol–water partition coefficient (Wildman–Crippen LogP) is 2.32. The first-order chi connectivity index (χ1) is 8.66. The van der Waals surface area contributed by atoms with Gasteiger partial charge in [0.1, 0.15) is 0 Å². The number of hydrogen-bond acceptors (Lipinski definition) is 2. The summed E-state index contributed by atoms with van der Waals surface area (Å²) in [5.41, 5.74) is -1.07. The predicted molar refractivity (Wildman–Crippen MR) is 66.4 cm³/mol. The zero-order chi connectivity index (χ0) is 14.7. The minimum Gasteiger partial charge on any atom is -0.350 e. The van der Waals surface area contributed by atoms with E-state index in [9.17, 15) is 18.0 Å². The van der Waals surface area contributed by atoms with Crippen molar-refractivity contribution in [1.29, 1.82) is 0 Å². The molecular formula is C13H17F3N2O. The van der Waals surface area contributed by atoms with E-state index in [1.165, 1.54) is 6.07 Å². The van der Waals surface area contributed by atoms with Gasteiger partial charge in [0.25, 0.3) is 0 Å². The first-order valence-corrected chi connectivity index (χ1v) is 5.80. The summed E-state index contributed by atoms with van der Waals surface area (Å²) in [7, 11) is 1.64. The molecule has 0 aliphatic carbocycles. The van der Waals surface area contributed by atoms with Gasteiger partial charge in [-0.2, -0.15) is 13.2 Å². The van der Waals surface area contributed by atoms with Crippen LogP contribution in [0.5, 0.6) is 0 Å². The number of likely N-dealkylation sites (N-methyl/N-ethyl adjacent to an activating group) is 1. The van der Waals surface area contributed by atoms with Crippen LogP contribution in [0, 0.1) is 0 Å². The van der Waals surface area contributed by atoms with Crippen LogP contribution in [0.1, 0.15) is 25.0 Å². The third-order valence-corrected chi connectivity index (χ3v) is 2.90. The standard InChI is InChI=1S/C13H17F3N2O/c1-12(2,17-3)11(19)18-8-9-5-4-6-10(7-9)13(14,15)16/h4-7,17H,8H2,1-3H3,(H,18,19). The summed E-state index contributed by atoms with van der Waals surface area (Å²) in [6.07, 6.45) is -4.37. The summed E-state index contributed by atoms with van der Waals surface area (Å²) in [5, 5.41) is 5.42. The number of amides is 1. The molecule has 6 heteroatoms. The zero-order valence-electron chi connectivity index (χ0n) is 11.1. The van der Waals surface area contributed by atoms with Crippen LogP contribution >= 0.6 is 0 Å². The second kappa shape index (κ2) is 5.61. The molecule has 0 aliphatic rings. The fraction of sp³-hybridized carbons (Fsp3) is 0.462. The molecule has 0 radical (unpaired) electrons. The molecule has 0 spiro atoms. The van der Waals surface area contributed by atoms with E-state index in [-0.39, 0.29) is 12.5 Å². The van der Waals surface area contributed by atoms with Crippen LogP contribution in [0.3, 0.4) is 0 Å². The molecule has 0 atom stereocenters. The molecule has 0 aliphatic heterocycles. The maximum atomic E-state index is 12.5. The molecular weight excluding hydrogens is 257 g/mol. The second-order valence-corrected chi connectivity index (χ2v) is 4.76. The van der Waals surface area contributed by atoms with Crippen LogP contribution in [0.25, 0.3) is 0 Å². The Labute approximate surface area is 110 Å². The van der Waals surface area contributed by atoms with Crippen molar-refractivity contribution in [3.8, 4) is 0 Å². The summed E-state index contributed by atoms with van der Waals surface area (Å²) in [6, 6.07) is 4.91. The minimum absolute atomic E-state index is 0.0634. The molecule has 3 nitrogen and oxygen atoms in total. The second-order valence-electron chi connectivity index (χ2n) is 4.76. The number of alkyl halides is 3. The highest BCUT2D eigenvalue weighted by Crippen LogP contribution is 2.29. The number of rotatable bonds is 4. The van der Waals surface area contributed by atoms with Gasteiger partial charge in [-0.3, -0.25) is 4.79 Å². The summed E-state index contributed by atoms with van der Waals surface area (Å²) in [6.45, 7) is 3.44. The third-order valence-electron chi connectivity index (χ3n) is 2.90. The van der Waals surface area contributed by atoms with Crippen molar-refractivity contribution in [2.45, 2.75) is 32.1 Å². The lowest BCUT2D eigenvalue weighted by atomic mass is 10.0. The molecule has 19 heavy (non-hydrogen) atoms. The Balaban J connectivity index is 2.72. The Morgan fingerprint density at radius 3 is 2.42 bits per heavy atom. The first-order valence-electron chi connectivity index (χ1n) is 5.80. The van der Waals surface area contributed by atoms with E-state index in [1.54, 1.807) is 27.0 Å². The molecule has 1 aromatic rings. The largest absolute Gasteiger partial charge is 0.416 e. The van der Waals surface area contributed by atoms with Gasteiger partial charge in [-0.05, 0) is 38.6 Å². The van der Waals surface area contributed by atoms with Crippen LogP contribution in [0.15, 0.2) is 24.3 Å². The number of halogens is 3. The highest BCUT2D eigenvalue weighted by molar-refractivity contribution is 5.85. The molecule has 0 saturated carbocycles. The molecule has 2 N–H and O–H groups in total. The van der Waals surface area contributed by atoms with Crippen LogP contribution in [-0.2, 0) is 17.5 Å². The average Bonchev–Trinajstić information content (AvgIpc) is 2.35. The fourth-order valence-electron chi connectivity index (χ4n) is 1.37. The van der Waals surface area contributed by atoms with Crippen molar-refractivity contribution in [1.82, 2.24) is 10.6 Å². The van der Waals surface area contributed by atoms with Gasteiger partial charge in [-0.15, -0.1) is 0 Å². The Kier molecular flexibility index (Phi) is 4.57. The van der Waals surface area contributed by atoms with Gasteiger partial charge in [0.2, 0.25) is 5.91 Å². The smallest absolute Gasteiger partial charge is 0.350 e. The highest BCUT2D eigenvalue weighted by atomic mass is 19.4. The maximum absolute atomic E-state index is 12.5. The Bertz CT molecular complexity index is 455. The molecule has 1 rings (SSSR count). The highest BCUT2D eigenvalue weighted by Gasteiger charge is 2.30. The van der Waals surface area contributed by atoms with Gasteiger partial charge < -0.3 is 10.6 Å². The molecule has 1 aromatic carbocycles. The third kappa shape index (κ3) is 4.24. The molecule has 0 bridgehead atoms. The Morgan fingerprint density at radius 2 is 1.89 bits per heavy atom. The lowest BCUT2D eigenvalue weighted by molar-refractivity contribution is -0.137. The van der Waals surface area contributed by atoms with Gasteiger partial charge in [0, 0.05) is 6.54 Å². The van der Waals surface area contributed by atoms with Gasteiger partial charge in [-0.1, -0.05) is 12.1 Å². The minimum atomic E-state index is -4.37. The van der Waals surface area contributed by atoms with Gasteiger partial charge in [0.15, 0.2) is 0 Å². The summed E-state index contributed by atoms with van der Waals surface area (Å²) in [4.78, 5) is 11.8. The van der Waals surface area contributed by atoms with E-state index in [0.29, 0.717) is 5.56 Å². The van der Waals surface area contributed by atoms with E-state index >= 15 is 0 Å². The van der Waals surface area contributed by atoms with Crippen molar-refractivity contribution < 1.29 is 18.0 Å². The van der Waals surface area contributed by atoms with Gasteiger partial charge in [-0.25, -0.2) is 0 Å². The van der Waals surface area contributed by atoms with E-state index in [0.717, 1.165) is 12.1 Å². The summed E-state index contributed by atoms with van der Waals surface area (Å²) < 4.78 is 37.5. The monoisotopic (exact) mass is 274 g/mol. The van der Waals surface area contributed by atoms with E-state index in [1.807, 2.05) is 0 Å². The molecule has 0 heterocycles. The lowest BCUT2D eigenvalue weighted by Crippen LogP contribution is -2.50. The summed E-state index contributed by atoms with van der Waals surface area (Å²) in [5.74, 6) is -0.271. The lowest BCUT2D eigenvalue weighted by Gasteiger charge is -2.22. The topological polar surface area (TPSA) is 41.1 Å². The van der Waals surface area contributed by atoms with Crippen LogP contribution < -0.4 is 10.6 Å². The van der Waals surface area contributed by atoms with E-state index in [2.05, 4.69) is 10.6 Å². The van der Waals surface area contributed by atoms with Crippen molar-refractivity contribution >= 4 is 5.91 Å². The number of nitrogens with one attached hydrogen (secondary N) is 2. The average molecular weight is 274 g/mol. The molecule has 0 aromatic heterocycles. The van der Waals surface area contributed by atoms with E-state index in [4.69, 9.17) is 0 Å². The quantitative estimate of drug-likeness (QED) is 0.884. The number of carbonyl (C=O) groups excluding carboxylic acids is 1. The van der Waals surface area contributed by atoms with Crippen LogP contribution in [0.2, 0.25) is 0 Å². The summed E-state index contributed by atoms with van der Waals surface area (Å²) >= 11 is 0. The SMILES string of the molecule is CNC(C)(C)C(=O)NCc1cccc(C(F)(F)F)c1. The normalized spacial score (nSPS) is 12.3. The molecule has 1 amide bonds. The van der Waals surface area contributed by atoms with Crippen LogP contribution in [-0.4, -0.2) is 18.5 Å². The van der Waals surface area contributed by atoms with Crippen molar-refractivity contribution in [3.05, 3.63) is 35.4 Å². The van der Waals surface area contributed by atoms with Gasteiger partial charge >= 0.3 is 6.18 Å². The van der Waals surface area contributed by atoms with Crippen molar-refractivity contribution in [3.63, 3.8) is 0 Å². The Hall–Kier alpha value is -1.56. The maximum Gasteiger partial charge on any atom is 0.416 e. The van der Waals surface area contributed by atoms with Gasteiger partial charge in [0.05, 0.1) is 11.1 Å².